The van der Waals surface area contributed by atoms with Crippen molar-refractivity contribution in [3.8, 4) is 0 Å². The minimum absolute atomic E-state index is 0.143. The summed E-state index contributed by atoms with van der Waals surface area (Å²) in [5.74, 6) is 0.306. The Balaban J connectivity index is 2.07. The largest absolute Gasteiger partial charge is 0.396 e. The number of nitrogens with one attached hydrogen (secondary N) is 2. The molecule has 1 heterocycles. The van der Waals surface area contributed by atoms with Crippen molar-refractivity contribution in [1.29, 1.82) is 0 Å². The fourth-order valence-corrected chi connectivity index (χ4v) is 1.47. The molecular weight excluding hydrogens is 196 g/mol. The molecule has 2 atom stereocenters. The molecule has 0 radical (unpaired) electrons. The van der Waals surface area contributed by atoms with Crippen molar-refractivity contribution in [1.82, 2.24) is 10.6 Å². The zero-order valence-corrected chi connectivity index (χ0v) is 9.16. The highest BCUT2D eigenvalue weighted by molar-refractivity contribution is 5.74. The van der Waals surface area contributed by atoms with E-state index >= 15 is 0 Å². The zero-order chi connectivity index (χ0) is 11.1. The molecule has 0 saturated carbocycles. The second kappa shape index (κ2) is 6.63. The van der Waals surface area contributed by atoms with Crippen molar-refractivity contribution < 1.29 is 14.6 Å². The summed E-state index contributed by atoms with van der Waals surface area (Å²) < 4.78 is 5.15. The summed E-state index contributed by atoms with van der Waals surface area (Å²) in [6.45, 7) is 4.10. The maximum absolute atomic E-state index is 11.4. The molecule has 0 aromatic heterocycles. The Morgan fingerprint density at radius 2 is 2.47 bits per heavy atom. The van der Waals surface area contributed by atoms with Crippen molar-refractivity contribution in [3.63, 3.8) is 0 Å². The first-order valence-electron chi connectivity index (χ1n) is 5.45. The van der Waals surface area contributed by atoms with E-state index in [1.165, 1.54) is 0 Å². The quantitative estimate of drug-likeness (QED) is 0.610. The predicted molar refractivity (Wildman–Crippen MR) is 56.6 cm³/mol. The molecule has 1 fully saturated rings. The van der Waals surface area contributed by atoms with Gasteiger partial charge in [0.1, 0.15) is 0 Å². The summed E-state index contributed by atoms with van der Waals surface area (Å²) >= 11 is 0. The number of aliphatic hydroxyl groups is 1. The van der Waals surface area contributed by atoms with Crippen LogP contribution in [-0.4, -0.2) is 43.5 Å². The van der Waals surface area contributed by atoms with Crippen molar-refractivity contribution in [2.45, 2.75) is 25.8 Å². The Morgan fingerprint density at radius 1 is 1.67 bits per heavy atom. The summed E-state index contributed by atoms with van der Waals surface area (Å²) in [5, 5.41) is 14.3. The summed E-state index contributed by atoms with van der Waals surface area (Å²) in [7, 11) is 0. The molecule has 2 amide bonds. The minimum Gasteiger partial charge on any atom is -0.396 e. The van der Waals surface area contributed by atoms with Crippen LogP contribution >= 0.6 is 0 Å². The lowest BCUT2D eigenvalue weighted by Crippen LogP contribution is -2.43. The van der Waals surface area contributed by atoms with Crippen LogP contribution in [0.4, 0.5) is 4.79 Å². The molecule has 1 aliphatic rings. The molecule has 1 aliphatic heterocycles. The molecule has 5 heteroatoms. The third kappa shape index (κ3) is 4.99. The zero-order valence-electron chi connectivity index (χ0n) is 9.16. The summed E-state index contributed by atoms with van der Waals surface area (Å²) in [5.41, 5.74) is 0. The number of rotatable bonds is 5. The third-order valence-corrected chi connectivity index (χ3v) is 2.50. The second-order valence-corrected chi connectivity index (χ2v) is 4.03. The van der Waals surface area contributed by atoms with Gasteiger partial charge in [-0.05, 0) is 18.8 Å². The van der Waals surface area contributed by atoms with Crippen LogP contribution in [0.15, 0.2) is 0 Å². The van der Waals surface area contributed by atoms with E-state index in [0.717, 1.165) is 13.0 Å². The molecule has 5 nitrogen and oxygen atoms in total. The van der Waals surface area contributed by atoms with Crippen LogP contribution in [0.1, 0.15) is 19.8 Å². The molecule has 15 heavy (non-hydrogen) atoms. The number of ether oxygens (including phenoxy) is 1. The lowest BCUT2D eigenvalue weighted by Gasteiger charge is -2.14. The highest BCUT2D eigenvalue weighted by Gasteiger charge is 2.17. The molecule has 1 rings (SSSR count). The number of carbonyl (C=O) groups excluding carboxylic acids is 1. The highest BCUT2D eigenvalue weighted by atomic mass is 16.5. The number of urea groups is 1. The van der Waals surface area contributed by atoms with Crippen molar-refractivity contribution in [2.24, 2.45) is 5.92 Å². The van der Waals surface area contributed by atoms with Crippen molar-refractivity contribution in [3.05, 3.63) is 0 Å². The Labute approximate surface area is 90.2 Å². The smallest absolute Gasteiger partial charge is 0.315 e. The Bertz CT molecular complexity index is 193. The highest BCUT2D eigenvalue weighted by Crippen LogP contribution is 2.03. The number of carbonyl (C=O) groups is 1. The SMILES string of the molecule is CC(CCO)CNC(=O)NC1CCOC1. The minimum atomic E-state index is -0.143. The number of hydrogen-bond donors (Lipinski definition) is 3. The normalized spacial score (nSPS) is 22.4. The van der Waals surface area contributed by atoms with Gasteiger partial charge >= 0.3 is 6.03 Å². The fourth-order valence-electron chi connectivity index (χ4n) is 1.47. The van der Waals surface area contributed by atoms with Crippen LogP contribution in [0.25, 0.3) is 0 Å². The van der Waals surface area contributed by atoms with Gasteiger partial charge in [0.15, 0.2) is 0 Å². The van der Waals surface area contributed by atoms with Crippen LogP contribution in [0.5, 0.6) is 0 Å². The van der Waals surface area contributed by atoms with Crippen LogP contribution in [0, 0.1) is 5.92 Å². The Kier molecular flexibility index (Phi) is 5.42. The summed E-state index contributed by atoms with van der Waals surface area (Å²) in [6.07, 6.45) is 1.60. The van der Waals surface area contributed by atoms with E-state index in [-0.39, 0.29) is 18.7 Å². The summed E-state index contributed by atoms with van der Waals surface area (Å²) in [4.78, 5) is 11.4. The van der Waals surface area contributed by atoms with Gasteiger partial charge in [0.2, 0.25) is 0 Å². The van der Waals surface area contributed by atoms with E-state index in [2.05, 4.69) is 10.6 Å². The molecule has 0 spiro atoms. The Morgan fingerprint density at radius 3 is 3.07 bits per heavy atom. The van der Waals surface area contributed by atoms with Gasteiger partial charge < -0.3 is 20.5 Å². The van der Waals surface area contributed by atoms with Gasteiger partial charge in [-0.15, -0.1) is 0 Å². The molecule has 0 aliphatic carbocycles. The fraction of sp³-hybridized carbons (Fsp3) is 0.900. The first-order chi connectivity index (χ1) is 7.22. The van der Waals surface area contributed by atoms with Crippen LogP contribution in [0.3, 0.4) is 0 Å². The van der Waals surface area contributed by atoms with E-state index < -0.39 is 0 Å². The van der Waals surface area contributed by atoms with E-state index in [9.17, 15) is 4.79 Å². The lowest BCUT2D eigenvalue weighted by molar-refractivity contribution is 0.188. The molecule has 0 aromatic rings. The maximum atomic E-state index is 11.4. The number of amides is 2. The van der Waals surface area contributed by atoms with Crippen LogP contribution in [-0.2, 0) is 4.74 Å². The molecular formula is C10H20N2O3. The molecule has 0 bridgehead atoms. The average Bonchev–Trinajstić information content (AvgIpc) is 2.68. The van der Waals surface area contributed by atoms with Crippen molar-refractivity contribution in [2.75, 3.05) is 26.4 Å². The average molecular weight is 216 g/mol. The summed E-state index contributed by atoms with van der Waals surface area (Å²) in [6, 6.07) is 0.00781. The van der Waals surface area contributed by atoms with Gasteiger partial charge in [0.25, 0.3) is 0 Å². The second-order valence-electron chi connectivity index (χ2n) is 4.03. The lowest BCUT2D eigenvalue weighted by atomic mass is 10.1. The third-order valence-electron chi connectivity index (χ3n) is 2.50. The number of hydrogen-bond acceptors (Lipinski definition) is 3. The molecule has 1 saturated heterocycles. The van der Waals surface area contributed by atoms with Gasteiger partial charge in [0, 0.05) is 19.8 Å². The van der Waals surface area contributed by atoms with Gasteiger partial charge in [0.05, 0.1) is 12.6 Å². The molecule has 3 N–H and O–H groups in total. The van der Waals surface area contributed by atoms with Gasteiger partial charge in [-0.25, -0.2) is 4.79 Å². The first kappa shape index (κ1) is 12.3. The van der Waals surface area contributed by atoms with E-state index in [1.54, 1.807) is 0 Å². The maximum Gasteiger partial charge on any atom is 0.315 e. The molecule has 0 aromatic carbocycles. The number of aliphatic hydroxyl groups excluding tert-OH is 1. The molecule has 88 valence electrons. The van der Waals surface area contributed by atoms with Crippen LogP contribution in [0.2, 0.25) is 0 Å². The van der Waals surface area contributed by atoms with Crippen LogP contribution < -0.4 is 10.6 Å². The van der Waals surface area contributed by atoms with E-state index in [4.69, 9.17) is 9.84 Å². The van der Waals surface area contributed by atoms with E-state index in [0.29, 0.717) is 25.5 Å². The van der Waals surface area contributed by atoms with Gasteiger partial charge in [-0.2, -0.15) is 0 Å². The standard InChI is InChI=1S/C10H20N2O3/c1-8(2-4-13)6-11-10(14)12-9-3-5-15-7-9/h8-9,13H,2-7H2,1H3,(H2,11,12,14). The monoisotopic (exact) mass is 216 g/mol. The topological polar surface area (TPSA) is 70.6 Å². The van der Waals surface area contributed by atoms with E-state index in [1.807, 2.05) is 6.92 Å². The van der Waals surface area contributed by atoms with Gasteiger partial charge in [-0.3, -0.25) is 0 Å². The first-order valence-corrected chi connectivity index (χ1v) is 5.45. The predicted octanol–water partition coefficient (Wildman–Crippen LogP) is 0.0930. The molecule has 2 unspecified atom stereocenters. The van der Waals surface area contributed by atoms with Crippen molar-refractivity contribution >= 4 is 6.03 Å². The van der Waals surface area contributed by atoms with Gasteiger partial charge in [-0.1, -0.05) is 6.92 Å². The Hall–Kier alpha value is -0.810.